The smallest absolute Gasteiger partial charge is 0.237 e. The number of nitrogens with zero attached hydrogens (tertiary/aromatic N) is 2. The highest BCUT2D eigenvalue weighted by atomic mass is 32.2. The highest BCUT2D eigenvalue weighted by Gasteiger charge is 2.23. The Morgan fingerprint density at radius 3 is 2.67 bits per heavy atom. The second-order valence-corrected chi connectivity index (χ2v) is 9.67. The maximum atomic E-state index is 12.8. The number of carbonyl (C=O) groups is 1. The molecule has 1 saturated heterocycles. The lowest BCUT2D eigenvalue weighted by molar-refractivity contribution is -0.115. The van der Waals surface area contributed by atoms with E-state index in [1.807, 2.05) is 68.4 Å². The van der Waals surface area contributed by atoms with Gasteiger partial charge in [0.15, 0.2) is 5.16 Å². The van der Waals surface area contributed by atoms with Gasteiger partial charge in [-0.25, -0.2) is 4.98 Å². The van der Waals surface area contributed by atoms with Gasteiger partial charge in [-0.15, -0.1) is 0 Å². The van der Waals surface area contributed by atoms with E-state index in [-0.39, 0.29) is 17.3 Å². The van der Waals surface area contributed by atoms with Gasteiger partial charge in [0, 0.05) is 18.0 Å². The van der Waals surface area contributed by atoms with Gasteiger partial charge >= 0.3 is 0 Å². The van der Waals surface area contributed by atoms with Crippen LogP contribution >= 0.6 is 11.8 Å². The Morgan fingerprint density at radius 1 is 1.21 bits per heavy atom. The van der Waals surface area contributed by atoms with Gasteiger partial charge in [0.1, 0.15) is 12.4 Å². The first kappa shape index (κ1) is 23.4. The molecule has 1 aromatic heterocycles. The molecule has 2 atom stereocenters. The van der Waals surface area contributed by atoms with Crippen LogP contribution in [0.15, 0.2) is 59.8 Å². The molecule has 1 amide bonds. The molecule has 0 radical (unpaired) electrons. The monoisotopic (exact) mass is 465 g/mol. The molecule has 2 aromatic carbocycles. The fraction of sp³-hybridized carbons (Fsp3) is 0.385. The molecule has 1 N–H and O–H groups in total. The largest absolute Gasteiger partial charge is 0.489 e. The number of imidazole rings is 1. The summed E-state index contributed by atoms with van der Waals surface area (Å²) >= 11 is 1.48. The third kappa shape index (κ3) is 6.18. The standard InChI is InChI=1S/C26H31N3O3S/c1-18-19(2)29(16-24-10-7-15-31-24)26(27-18)33-20(3)25(30)28-22-11-13-23(14-12-22)32-17-21-8-5-4-6-9-21/h4-6,8-9,11-14,20,24H,7,10,15-17H2,1-3H3,(H,28,30)/t20-,24-/m0/s1. The number of amides is 1. The summed E-state index contributed by atoms with van der Waals surface area (Å²) in [6.07, 6.45) is 2.40. The van der Waals surface area contributed by atoms with Crippen molar-refractivity contribution in [2.24, 2.45) is 0 Å². The van der Waals surface area contributed by atoms with Crippen LogP contribution in [0.3, 0.4) is 0 Å². The van der Waals surface area contributed by atoms with Crippen LogP contribution < -0.4 is 10.1 Å². The van der Waals surface area contributed by atoms with Crippen molar-refractivity contribution in [3.8, 4) is 5.75 Å². The quantitative estimate of drug-likeness (QED) is 0.430. The number of aryl methyl sites for hydroxylation is 1. The number of anilines is 1. The minimum atomic E-state index is -0.288. The van der Waals surface area contributed by atoms with E-state index < -0.39 is 0 Å². The summed E-state index contributed by atoms with van der Waals surface area (Å²) in [4.78, 5) is 17.5. The lowest BCUT2D eigenvalue weighted by Gasteiger charge is -2.17. The van der Waals surface area contributed by atoms with Crippen molar-refractivity contribution in [1.82, 2.24) is 9.55 Å². The second kappa shape index (κ2) is 10.9. The first-order valence-electron chi connectivity index (χ1n) is 11.4. The van der Waals surface area contributed by atoms with Gasteiger partial charge in [-0.3, -0.25) is 4.79 Å². The summed E-state index contributed by atoms with van der Waals surface area (Å²) in [5.41, 5.74) is 3.99. The van der Waals surface area contributed by atoms with Gasteiger partial charge in [-0.1, -0.05) is 42.1 Å². The Morgan fingerprint density at radius 2 is 1.97 bits per heavy atom. The van der Waals surface area contributed by atoms with Crippen LogP contribution in [0.1, 0.15) is 36.7 Å². The zero-order valence-corrected chi connectivity index (χ0v) is 20.2. The van der Waals surface area contributed by atoms with Gasteiger partial charge in [0.05, 0.1) is 23.6 Å². The maximum Gasteiger partial charge on any atom is 0.237 e. The predicted molar refractivity (Wildman–Crippen MR) is 132 cm³/mol. The first-order chi connectivity index (χ1) is 16.0. The summed E-state index contributed by atoms with van der Waals surface area (Å²) in [5, 5.41) is 3.58. The average Bonchev–Trinajstić information content (AvgIpc) is 3.43. The summed E-state index contributed by atoms with van der Waals surface area (Å²) in [6, 6.07) is 17.5. The molecule has 1 aliphatic heterocycles. The van der Waals surface area contributed by atoms with Crippen LogP contribution in [0.2, 0.25) is 0 Å². The van der Waals surface area contributed by atoms with Gasteiger partial charge in [-0.05, 0) is 63.4 Å². The number of benzene rings is 2. The van der Waals surface area contributed by atoms with E-state index in [2.05, 4.69) is 16.8 Å². The fourth-order valence-corrected chi connectivity index (χ4v) is 4.76. The Labute approximate surface area is 199 Å². The molecule has 0 saturated carbocycles. The molecule has 33 heavy (non-hydrogen) atoms. The molecule has 3 aromatic rings. The zero-order valence-electron chi connectivity index (χ0n) is 19.4. The molecule has 0 spiro atoms. The van der Waals surface area contributed by atoms with Crippen LogP contribution in [-0.4, -0.2) is 33.4 Å². The van der Waals surface area contributed by atoms with E-state index in [9.17, 15) is 4.79 Å². The van der Waals surface area contributed by atoms with Crippen molar-refractivity contribution in [3.63, 3.8) is 0 Å². The lowest BCUT2D eigenvalue weighted by atomic mass is 10.2. The first-order valence-corrected chi connectivity index (χ1v) is 12.3. The van der Waals surface area contributed by atoms with Crippen LogP contribution in [-0.2, 0) is 22.7 Å². The number of nitrogens with one attached hydrogen (secondary N) is 1. The Kier molecular flexibility index (Phi) is 7.73. The molecule has 7 heteroatoms. The third-order valence-corrected chi connectivity index (χ3v) is 6.94. The second-order valence-electron chi connectivity index (χ2n) is 8.36. The number of carbonyl (C=O) groups excluding carboxylic acids is 1. The molecule has 174 valence electrons. The SMILES string of the molecule is Cc1nc(S[C@@H](C)C(=O)Nc2ccc(OCc3ccccc3)cc2)n(C[C@@H]2CCCO2)c1C. The van der Waals surface area contributed by atoms with E-state index in [1.165, 1.54) is 11.8 Å². The molecule has 4 rings (SSSR count). The fourth-order valence-electron chi connectivity index (χ4n) is 3.75. The van der Waals surface area contributed by atoms with Crippen LogP contribution in [0.4, 0.5) is 5.69 Å². The topological polar surface area (TPSA) is 65.4 Å². The normalized spacial score (nSPS) is 16.5. The summed E-state index contributed by atoms with van der Waals surface area (Å²) in [7, 11) is 0. The molecular weight excluding hydrogens is 434 g/mol. The van der Waals surface area contributed by atoms with Gasteiger partial charge in [0.2, 0.25) is 5.91 Å². The van der Waals surface area contributed by atoms with Crippen molar-refractivity contribution in [2.45, 2.75) is 63.3 Å². The molecule has 1 fully saturated rings. The Hall–Kier alpha value is -2.77. The van der Waals surface area contributed by atoms with Crippen LogP contribution in [0.25, 0.3) is 0 Å². The predicted octanol–water partition coefficient (Wildman–Crippen LogP) is 5.38. The number of hydrogen-bond acceptors (Lipinski definition) is 5. The van der Waals surface area contributed by atoms with E-state index in [1.54, 1.807) is 0 Å². The maximum absolute atomic E-state index is 12.8. The zero-order chi connectivity index (χ0) is 23.2. The Bertz CT molecular complexity index is 1060. The number of hydrogen-bond donors (Lipinski definition) is 1. The van der Waals surface area contributed by atoms with Gasteiger partial charge in [0.25, 0.3) is 0 Å². The number of rotatable bonds is 9. The van der Waals surface area contributed by atoms with Crippen molar-refractivity contribution in [3.05, 3.63) is 71.5 Å². The summed E-state index contributed by atoms with van der Waals surface area (Å²) in [6.45, 7) is 8.12. The van der Waals surface area contributed by atoms with Gasteiger partial charge in [-0.2, -0.15) is 0 Å². The Balaban J connectivity index is 1.33. The molecular formula is C26H31N3O3S. The lowest BCUT2D eigenvalue weighted by Crippen LogP contribution is -2.23. The van der Waals surface area contributed by atoms with E-state index >= 15 is 0 Å². The van der Waals surface area contributed by atoms with Crippen molar-refractivity contribution in [2.75, 3.05) is 11.9 Å². The highest BCUT2D eigenvalue weighted by Crippen LogP contribution is 2.28. The van der Waals surface area contributed by atoms with Crippen LogP contribution in [0.5, 0.6) is 5.75 Å². The third-order valence-electron chi connectivity index (χ3n) is 5.85. The van der Waals surface area contributed by atoms with Gasteiger partial charge < -0.3 is 19.4 Å². The van der Waals surface area contributed by atoms with Crippen molar-refractivity contribution < 1.29 is 14.3 Å². The molecule has 0 aliphatic carbocycles. The van der Waals surface area contributed by atoms with Crippen LogP contribution in [0, 0.1) is 13.8 Å². The number of ether oxygens (including phenoxy) is 2. The molecule has 0 bridgehead atoms. The molecule has 6 nitrogen and oxygen atoms in total. The van der Waals surface area contributed by atoms with Crippen molar-refractivity contribution in [1.29, 1.82) is 0 Å². The molecule has 1 aliphatic rings. The van der Waals surface area contributed by atoms with E-state index in [4.69, 9.17) is 14.5 Å². The highest BCUT2D eigenvalue weighted by molar-refractivity contribution is 8.00. The summed E-state index contributed by atoms with van der Waals surface area (Å²) in [5.74, 6) is 0.710. The van der Waals surface area contributed by atoms with Crippen molar-refractivity contribution >= 4 is 23.4 Å². The average molecular weight is 466 g/mol. The summed E-state index contributed by atoms with van der Waals surface area (Å²) < 4.78 is 13.8. The van der Waals surface area contributed by atoms with E-state index in [0.29, 0.717) is 6.61 Å². The minimum Gasteiger partial charge on any atom is -0.489 e. The molecule has 2 heterocycles. The number of aromatic nitrogens is 2. The van der Waals surface area contributed by atoms with E-state index in [0.717, 1.165) is 59.5 Å². The molecule has 0 unspecified atom stereocenters. The number of thioether (sulfide) groups is 1. The minimum absolute atomic E-state index is 0.0556.